The maximum Gasteiger partial charge on any atom is 0.240 e. The van der Waals surface area contributed by atoms with Crippen molar-refractivity contribution in [2.24, 2.45) is 0 Å². The zero-order chi connectivity index (χ0) is 18.0. The van der Waals surface area contributed by atoms with Gasteiger partial charge in [0.15, 0.2) is 0 Å². The molecule has 1 atom stereocenters. The number of hydrogen-bond acceptors (Lipinski definition) is 4. The third-order valence-electron chi connectivity index (χ3n) is 4.32. The van der Waals surface area contributed by atoms with E-state index in [2.05, 4.69) is 4.72 Å². The molecule has 1 heterocycles. The van der Waals surface area contributed by atoms with E-state index in [4.69, 9.17) is 4.74 Å². The lowest BCUT2D eigenvalue weighted by molar-refractivity contribution is 0.299. The largest absolute Gasteiger partial charge is 0.493 e. The van der Waals surface area contributed by atoms with Crippen molar-refractivity contribution in [2.45, 2.75) is 17.4 Å². The molecule has 0 aromatic heterocycles. The van der Waals surface area contributed by atoms with Gasteiger partial charge in [0.2, 0.25) is 10.0 Å². The number of nitrogens with one attached hydrogen (secondary N) is 1. The molecule has 2 aromatic rings. The Labute approximate surface area is 147 Å². The number of nitrogens with zero attached hydrogens (tertiary/aromatic N) is 1. The molecule has 1 aliphatic heterocycles. The van der Waals surface area contributed by atoms with E-state index in [9.17, 15) is 12.8 Å². The summed E-state index contributed by atoms with van der Waals surface area (Å²) in [5, 5.41) is 0. The molecule has 0 saturated heterocycles. The van der Waals surface area contributed by atoms with Gasteiger partial charge < -0.3 is 9.64 Å². The fraction of sp³-hybridized carbons (Fsp3) is 0.333. The summed E-state index contributed by atoms with van der Waals surface area (Å²) in [6, 6.07) is 10.8. The van der Waals surface area contributed by atoms with Crippen molar-refractivity contribution < 1.29 is 17.5 Å². The van der Waals surface area contributed by atoms with Crippen LogP contribution in [-0.4, -0.2) is 40.6 Å². The molecule has 1 aliphatic rings. The molecule has 0 amide bonds. The highest BCUT2D eigenvalue weighted by Crippen LogP contribution is 2.27. The topological polar surface area (TPSA) is 58.6 Å². The molecule has 0 spiro atoms. The molecule has 25 heavy (non-hydrogen) atoms. The van der Waals surface area contributed by atoms with Crippen LogP contribution in [0, 0.1) is 5.82 Å². The number of benzene rings is 2. The number of fused-ring (bicyclic) bond motifs is 1. The van der Waals surface area contributed by atoms with Gasteiger partial charge in [-0.15, -0.1) is 0 Å². The number of sulfonamides is 1. The summed E-state index contributed by atoms with van der Waals surface area (Å²) in [5.41, 5.74) is 1.75. The van der Waals surface area contributed by atoms with E-state index >= 15 is 0 Å². The minimum absolute atomic E-state index is 0.189. The first-order valence-corrected chi connectivity index (χ1v) is 9.52. The van der Waals surface area contributed by atoms with Crippen LogP contribution in [-0.2, 0) is 16.4 Å². The van der Waals surface area contributed by atoms with Gasteiger partial charge in [0.25, 0.3) is 0 Å². The van der Waals surface area contributed by atoms with Gasteiger partial charge in [0, 0.05) is 19.0 Å². The van der Waals surface area contributed by atoms with Crippen LogP contribution in [0.15, 0.2) is 47.4 Å². The van der Waals surface area contributed by atoms with Crippen LogP contribution in [0.1, 0.15) is 17.2 Å². The lowest BCUT2D eigenvalue weighted by Gasteiger charge is -2.25. The van der Waals surface area contributed by atoms with Gasteiger partial charge in [-0.2, -0.15) is 0 Å². The molecule has 7 heteroatoms. The zero-order valence-corrected chi connectivity index (χ0v) is 15.0. The fourth-order valence-corrected chi connectivity index (χ4v) is 3.97. The molecule has 0 aliphatic carbocycles. The van der Waals surface area contributed by atoms with Crippen molar-refractivity contribution in [3.8, 4) is 5.75 Å². The maximum absolute atomic E-state index is 13.1. The molecule has 5 nitrogen and oxygen atoms in total. The zero-order valence-electron chi connectivity index (χ0n) is 14.2. The average molecular weight is 364 g/mol. The number of ether oxygens (including phenoxy) is 1. The van der Waals surface area contributed by atoms with E-state index < -0.39 is 10.0 Å². The Morgan fingerprint density at radius 2 is 1.92 bits per heavy atom. The number of rotatable bonds is 6. The highest BCUT2D eigenvalue weighted by Gasteiger charge is 2.22. The standard InChI is InChI=1S/C18H21FN2O3S/c1-21(2)17(13-3-5-15(19)6-4-13)12-20-25(22,23)16-7-8-18-14(11-16)9-10-24-18/h3-8,11,17,20H,9-10,12H2,1-2H3/t17-/m0/s1. The smallest absolute Gasteiger partial charge is 0.240 e. The molecule has 0 unspecified atom stereocenters. The Morgan fingerprint density at radius 1 is 1.20 bits per heavy atom. The van der Waals surface area contributed by atoms with Crippen molar-refractivity contribution >= 4 is 10.0 Å². The summed E-state index contributed by atoms with van der Waals surface area (Å²) < 4.78 is 46.4. The van der Waals surface area contributed by atoms with Crippen LogP contribution < -0.4 is 9.46 Å². The van der Waals surface area contributed by atoms with Crippen molar-refractivity contribution in [3.63, 3.8) is 0 Å². The summed E-state index contributed by atoms with van der Waals surface area (Å²) >= 11 is 0. The summed E-state index contributed by atoms with van der Waals surface area (Å²) in [7, 11) is 0.0795. The molecular weight excluding hydrogens is 343 g/mol. The van der Waals surface area contributed by atoms with Gasteiger partial charge in [0.1, 0.15) is 11.6 Å². The summed E-state index contributed by atoms with van der Waals surface area (Å²) in [6.07, 6.45) is 0.717. The van der Waals surface area contributed by atoms with E-state index in [-0.39, 0.29) is 23.3 Å². The SMILES string of the molecule is CN(C)[C@@H](CNS(=O)(=O)c1ccc2c(c1)CCO2)c1ccc(F)cc1. The van der Waals surface area contributed by atoms with Crippen molar-refractivity contribution in [3.05, 3.63) is 59.4 Å². The third kappa shape index (κ3) is 4.00. The Hall–Kier alpha value is -1.96. The second-order valence-electron chi connectivity index (χ2n) is 6.25. The van der Waals surface area contributed by atoms with Gasteiger partial charge >= 0.3 is 0 Å². The van der Waals surface area contributed by atoms with Gasteiger partial charge in [-0.05, 0) is 55.6 Å². The molecule has 134 valence electrons. The van der Waals surface area contributed by atoms with Gasteiger partial charge in [-0.1, -0.05) is 12.1 Å². The predicted molar refractivity (Wildman–Crippen MR) is 93.7 cm³/mol. The average Bonchev–Trinajstić information content (AvgIpc) is 3.04. The third-order valence-corrected chi connectivity index (χ3v) is 5.74. The molecule has 2 aromatic carbocycles. The van der Waals surface area contributed by atoms with Crippen molar-refractivity contribution in [2.75, 3.05) is 27.2 Å². The van der Waals surface area contributed by atoms with E-state index in [0.29, 0.717) is 13.0 Å². The van der Waals surface area contributed by atoms with Crippen LogP contribution in [0.5, 0.6) is 5.75 Å². The first-order valence-electron chi connectivity index (χ1n) is 8.04. The first-order chi connectivity index (χ1) is 11.9. The summed E-state index contributed by atoms with van der Waals surface area (Å²) in [5.74, 6) is 0.429. The van der Waals surface area contributed by atoms with Gasteiger partial charge in [-0.3, -0.25) is 0 Å². The molecule has 0 radical (unpaired) electrons. The van der Waals surface area contributed by atoms with E-state index in [1.807, 2.05) is 19.0 Å². The molecule has 0 saturated carbocycles. The quantitative estimate of drug-likeness (QED) is 0.855. The van der Waals surface area contributed by atoms with Gasteiger partial charge in [0.05, 0.1) is 11.5 Å². The Balaban J connectivity index is 1.76. The molecular formula is C18H21FN2O3S. The van der Waals surface area contributed by atoms with Crippen molar-refractivity contribution in [1.29, 1.82) is 0 Å². The minimum Gasteiger partial charge on any atom is -0.493 e. The Morgan fingerprint density at radius 3 is 2.60 bits per heavy atom. The Kier molecular flexibility index (Phi) is 5.08. The molecule has 0 bridgehead atoms. The summed E-state index contributed by atoms with van der Waals surface area (Å²) in [6.45, 7) is 0.772. The van der Waals surface area contributed by atoms with E-state index in [1.165, 1.54) is 12.1 Å². The van der Waals surface area contributed by atoms with Crippen LogP contribution in [0.3, 0.4) is 0 Å². The minimum atomic E-state index is -3.63. The van der Waals surface area contributed by atoms with E-state index in [0.717, 1.165) is 16.9 Å². The second kappa shape index (κ2) is 7.11. The van der Waals surface area contributed by atoms with Crippen LogP contribution in [0.25, 0.3) is 0 Å². The van der Waals surface area contributed by atoms with Crippen LogP contribution in [0.2, 0.25) is 0 Å². The van der Waals surface area contributed by atoms with Crippen LogP contribution >= 0.6 is 0 Å². The van der Waals surface area contributed by atoms with Gasteiger partial charge in [-0.25, -0.2) is 17.5 Å². The number of halogens is 1. The first kappa shape index (κ1) is 17.8. The highest BCUT2D eigenvalue weighted by atomic mass is 32.2. The second-order valence-corrected chi connectivity index (χ2v) is 8.02. The van der Waals surface area contributed by atoms with Crippen LogP contribution in [0.4, 0.5) is 4.39 Å². The summed E-state index contributed by atoms with van der Waals surface area (Å²) in [4.78, 5) is 2.13. The fourth-order valence-electron chi connectivity index (χ4n) is 2.89. The van der Waals surface area contributed by atoms with Crippen molar-refractivity contribution in [1.82, 2.24) is 9.62 Å². The molecule has 1 N–H and O–H groups in total. The molecule has 0 fully saturated rings. The lowest BCUT2D eigenvalue weighted by Crippen LogP contribution is -2.34. The number of likely N-dealkylation sites (N-methyl/N-ethyl adjacent to an activating group) is 1. The maximum atomic E-state index is 13.1. The lowest BCUT2D eigenvalue weighted by atomic mass is 10.1. The predicted octanol–water partition coefficient (Wildman–Crippen LogP) is 2.34. The monoisotopic (exact) mass is 364 g/mol. The highest BCUT2D eigenvalue weighted by molar-refractivity contribution is 7.89. The normalized spacial score (nSPS) is 15.0. The van der Waals surface area contributed by atoms with E-state index in [1.54, 1.807) is 30.3 Å². The number of hydrogen-bond donors (Lipinski definition) is 1. The molecule has 3 rings (SSSR count). The Bertz CT molecular complexity index is 851.